The van der Waals surface area contributed by atoms with Crippen molar-refractivity contribution in [3.05, 3.63) is 30.6 Å². The van der Waals surface area contributed by atoms with Crippen LogP contribution < -0.4 is 5.32 Å². The van der Waals surface area contributed by atoms with Gasteiger partial charge in [-0.3, -0.25) is 10.3 Å². The van der Waals surface area contributed by atoms with E-state index in [1.165, 1.54) is 0 Å². The van der Waals surface area contributed by atoms with Crippen LogP contribution in [0, 0.1) is 0 Å². The fourth-order valence-corrected chi connectivity index (χ4v) is 1.14. The summed E-state index contributed by atoms with van der Waals surface area (Å²) < 4.78 is 0. The molecule has 70 valence electrons. The minimum Gasteiger partial charge on any atom is -0.465 e. The number of nitrogens with zero attached hydrogens (tertiary/aromatic N) is 2. The number of amides is 1. The highest BCUT2D eigenvalue weighted by Crippen LogP contribution is 2.12. The van der Waals surface area contributed by atoms with Gasteiger partial charge in [0.05, 0.1) is 5.52 Å². The van der Waals surface area contributed by atoms with Gasteiger partial charge < -0.3 is 5.11 Å². The highest BCUT2D eigenvalue weighted by atomic mass is 16.4. The van der Waals surface area contributed by atoms with Gasteiger partial charge in [-0.1, -0.05) is 0 Å². The Morgan fingerprint density at radius 3 is 3.00 bits per heavy atom. The molecule has 0 aliphatic heterocycles. The van der Waals surface area contributed by atoms with Crippen LogP contribution >= 0.6 is 0 Å². The SMILES string of the molecule is O=C(O)Nc1ccc2cnccc2n1. The van der Waals surface area contributed by atoms with Crippen LogP contribution in [0.4, 0.5) is 10.6 Å². The Morgan fingerprint density at radius 1 is 1.36 bits per heavy atom. The molecule has 2 heterocycles. The van der Waals surface area contributed by atoms with Crippen LogP contribution in [-0.4, -0.2) is 21.2 Å². The highest BCUT2D eigenvalue weighted by molar-refractivity contribution is 5.85. The van der Waals surface area contributed by atoms with E-state index < -0.39 is 6.09 Å². The average Bonchev–Trinajstić information content (AvgIpc) is 2.17. The van der Waals surface area contributed by atoms with Gasteiger partial charge in [0.2, 0.25) is 0 Å². The third-order valence-electron chi connectivity index (χ3n) is 1.72. The monoisotopic (exact) mass is 189 g/mol. The first-order valence-corrected chi connectivity index (χ1v) is 3.96. The summed E-state index contributed by atoms with van der Waals surface area (Å²) >= 11 is 0. The number of hydrogen-bond acceptors (Lipinski definition) is 3. The number of carboxylic acid groups (broad SMARTS) is 1. The lowest BCUT2D eigenvalue weighted by Gasteiger charge is -2.00. The third-order valence-corrected chi connectivity index (χ3v) is 1.72. The smallest absolute Gasteiger partial charge is 0.410 e. The molecule has 1 amide bonds. The molecular formula is C9H7N3O2. The van der Waals surface area contributed by atoms with E-state index >= 15 is 0 Å². The van der Waals surface area contributed by atoms with Crippen LogP contribution in [0.2, 0.25) is 0 Å². The predicted octanol–water partition coefficient (Wildman–Crippen LogP) is 1.72. The van der Waals surface area contributed by atoms with Crippen molar-refractivity contribution in [2.45, 2.75) is 0 Å². The van der Waals surface area contributed by atoms with Crippen LogP contribution in [0.1, 0.15) is 0 Å². The molecule has 0 saturated heterocycles. The van der Waals surface area contributed by atoms with Crippen molar-refractivity contribution in [2.75, 3.05) is 5.32 Å². The second-order valence-corrected chi connectivity index (χ2v) is 2.70. The lowest BCUT2D eigenvalue weighted by molar-refractivity contribution is 0.209. The minimum absolute atomic E-state index is 0.316. The summed E-state index contributed by atoms with van der Waals surface area (Å²) in [7, 11) is 0. The van der Waals surface area contributed by atoms with Gasteiger partial charge in [-0.15, -0.1) is 0 Å². The van der Waals surface area contributed by atoms with Crippen LogP contribution in [-0.2, 0) is 0 Å². The molecule has 0 radical (unpaired) electrons. The normalized spacial score (nSPS) is 10.0. The molecule has 5 heteroatoms. The molecule has 0 unspecified atom stereocenters. The van der Waals surface area contributed by atoms with E-state index in [0.29, 0.717) is 11.3 Å². The van der Waals surface area contributed by atoms with E-state index in [2.05, 4.69) is 15.3 Å². The zero-order valence-corrected chi connectivity index (χ0v) is 7.14. The number of anilines is 1. The summed E-state index contributed by atoms with van der Waals surface area (Å²) in [6, 6.07) is 5.08. The number of pyridine rings is 2. The first-order chi connectivity index (χ1) is 6.75. The van der Waals surface area contributed by atoms with E-state index in [1.54, 1.807) is 30.6 Å². The Morgan fingerprint density at radius 2 is 2.21 bits per heavy atom. The van der Waals surface area contributed by atoms with Crippen molar-refractivity contribution < 1.29 is 9.90 Å². The van der Waals surface area contributed by atoms with Crippen molar-refractivity contribution in [1.29, 1.82) is 0 Å². The van der Waals surface area contributed by atoms with Crippen molar-refractivity contribution in [1.82, 2.24) is 9.97 Å². The lowest BCUT2D eigenvalue weighted by atomic mass is 10.3. The van der Waals surface area contributed by atoms with Crippen molar-refractivity contribution in [3.63, 3.8) is 0 Å². The molecule has 0 fully saturated rings. The molecule has 14 heavy (non-hydrogen) atoms. The number of rotatable bonds is 1. The maximum Gasteiger partial charge on any atom is 0.410 e. The summed E-state index contributed by atoms with van der Waals surface area (Å²) in [6.45, 7) is 0. The van der Waals surface area contributed by atoms with E-state index in [-0.39, 0.29) is 0 Å². The Kier molecular flexibility index (Phi) is 1.98. The van der Waals surface area contributed by atoms with Gasteiger partial charge in [0.1, 0.15) is 5.82 Å². The molecule has 5 nitrogen and oxygen atoms in total. The van der Waals surface area contributed by atoms with E-state index in [9.17, 15) is 4.79 Å². The molecular weight excluding hydrogens is 182 g/mol. The first-order valence-electron chi connectivity index (χ1n) is 3.96. The summed E-state index contributed by atoms with van der Waals surface area (Å²) in [5, 5.41) is 11.5. The van der Waals surface area contributed by atoms with E-state index in [0.717, 1.165) is 5.39 Å². The topological polar surface area (TPSA) is 75.1 Å². The average molecular weight is 189 g/mol. The molecule has 0 spiro atoms. The summed E-state index contributed by atoms with van der Waals surface area (Å²) in [4.78, 5) is 18.4. The molecule has 2 rings (SSSR count). The molecule has 2 aromatic heterocycles. The fraction of sp³-hybridized carbons (Fsp3) is 0. The van der Waals surface area contributed by atoms with Gasteiger partial charge in [0.15, 0.2) is 0 Å². The van der Waals surface area contributed by atoms with E-state index in [1.807, 2.05) is 0 Å². The molecule has 0 bridgehead atoms. The second-order valence-electron chi connectivity index (χ2n) is 2.70. The Balaban J connectivity index is 2.46. The Hall–Kier alpha value is -2.17. The molecule has 0 saturated carbocycles. The quantitative estimate of drug-likeness (QED) is 0.716. The second kappa shape index (κ2) is 3.29. The maximum absolute atomic E-state index is 10.3. The Labute approximate surface area is 79.4 Å². The largest absolute Gasteiger partial charge is 0.465 e. The fourth-order valence-electron chi connectivity index (χ4n) is 1.14. The predicted molar refractivity (Wildman–Crippen MR) is 51.2 cm³/mol. The van der Waals surface area contributed by atoms with E-state index in [4.69, 9.17) is 5.11 Å². The van der Waals surface area contributed by atoms with Crippen LogP contribution in [0.15, 0.2) is 30.6 Å². The van der Waals surface area contributed by atoms with Crippen molar-refractivity contribution in [3.8, 4) is 0 Å². The number of hydrogen-bond donors (Lipinski definition) is 2. The standard InChI is InChI=1S/C9H7N3O2/c13-9(14)12-8-2-1-6-5-10-4-3-7(6)11-8/h1-5H,(H,11,12)(H,13,14). The van der Waals surface area contributed by atoms with Crippen molar-refractivity contribution in [2.24, 2.45) is 0 Å². The number of aromatic nitrogens is 2. The molecule has 2 N–H and O–H groups in total. The van der Waals surface area contributed by atoms with Gasteiger partial charge in [0.25, 0.3) is 0 Å². The van der Waals surface area contributed by atoms with Crippen LogP contribution in [0.25, 0.3) is 10.9 Å². The first kappa shape index (κ1) is 8.43. The summed E-state index contributed by atoms with van der Waals surface area (Å²) in [6.07, 6.45) is 2.16. The molecule has 2 aromatic rings. The van der Waals surface area contributed by atoms with Gasteiger partial charge in [-0.25, -0.2) is 9.78 Å². The molecule has 0 aliphatic rings. The number of fused-ring (bicyclic) bond motifs is 1. The van der Waals surface area contributed by atoms with Gasteiger partial charge in [0, 0.05) is 17.8 Å². The molecule has 0 aromatic carbocycles. The van der Waals surface area contributed by atoms with Crippen LogP contribution in [0.5, 0.6) is 0 Å². The van der Waals surface area contributed by atoms with Gasteiger partial charge in [-0.05, 0) is 18.2 Å². The molecule has 0 atom stereocenters. The maximum atomic E-state index is 10.3. The van der Waals surface area contributed by atoms with Gasteiger partial charge >= 0.3 is 6.09 Å². The third kappa shape index (κ3) is 1.61. The Bertz CT molecular complexity index is 484. The molecule has 0 aliphatic carbocycles. The lowest BCUT2D eigenvalue weighted by Crippen LogP contribution is -2.08. The van der Waals surface area contributed by atoms with Crippen LogP contribution in [0.3, 0.4) is 0 Å². The number of nitrogens with one attached hydrogen (secondary N) is 1. The zero-order chi connectivity index (χ0) is 9.97. The minimum atomic E-state index is -1.12. The summed E-state index contributed by atoms with van der Waals surface area (Å²) in [5.41, 5.74) is 0.714. The van der Waals surface area contributed by atoms with Crippen molar-refractivity contribution >= 4 is 22.8 Å². The highest BCUT2D eigenvalue weighted by Gasteiger charge is 2.00. The zero-order valence-electron chi connectivity index (χ0n) is 7.14. The number of carbonyl (C=O) groups is 1. The summed E-state index contributed by atoms with van der Waals surface area (Å²) in [5.74, 6) is 0.316. The van der Waals surface area contributed by atoms with Gasteiger partial charge in [-0.2, -0.15) is 0 Å².